The van der Waals surface area contributed by atoms with Gasteiger partial charge in [-0.25, -0.2) is 4.79 Å². The summed E-state index contributed by atoms with van der Waals surface area (Å²) in [4.78, 5) is 11.6. The Labute approximate surface area is 101 Å². The van der Waals surface area contributed by atoms with Crippen molar-refractivity contribution in [3.05, 3.63) is 17.5 Å². The lowest BCUT2D eigenvalue weighted by Gasteiger charge is -2.13. The van der Waals surface area contributed by atoms with E-state index in [1.165, 1.54) is 44.2 Å². The number of rotatable bonds is 4. The molecule has 1 atom stereocenters. The average molecular weight is 234 g/mol. The topological polar surface area (TPSA) is 44.1 Å². The lowest BCUT2D eigenvalue weighted by molar-refractivity contribution is -0.144. The van der Waals surface area contributed by atoms with Crippen molar-refractivity contribution in [2.24, 2.45) is 0 Å². The summed E-state index contributed by atoms with van der Waals surface area (Å²) in [6.45, 7) is 1.86. The summed E-state index contributed by atoms with van der Waals surface area (Å²) < 4.78 is 6.69. The number of aromatic nitrogens is 2. The zero-order valence-corrected chi connectivity index (χ0v) is 10.3. The molecule has 1 heterocycles. The van der Waals surface area contributed by atoms with Crippen molar-refractivity contribution in [3.8, 4) is 0 Å². The van der Waals surface area contributed by atoms with Crippen LogP contribution in [0.2, 0.25) is 0 Å². The summed E-state index contributed by atoms with van der Waals surface area (Å²) in [6, 6.07) is 1.90. The Bertz CT molecular complexity index is 444. The van der Waals surface area contributed by atoms with E-state index in [9.17, 15) is 4.79 Å². The zero-order chi connectivity index (χ0) is 12.0. The maximum Gasteiger partial charge on any atom is 0.330 e. The Morgan fingerprint density at radius 1 is 1.41 bits per heavy atom. The molecule has 2 aliphatic carbocycles. The van der Waals surface area contributed by atoms with Crippen LogP contribution >= 0.6 is 0 Å². The fraction of sp³-hybridized carbons (Fsp3) is 0.692. The van der Waals surface area contributed by atoms with Crippen LogP contribution < -0.4 is 0 Å². The number of ether oxygens (including phenoxy) is 1. The van der Waals surface area contributed by atoms with Crippen molar-refractivity contribution in [3.63, 3.8) is 0 Å². The van der Waals surface area contributed by atoms with Gasteiger partial charge in [-0.05, 0) is 38.7 Å². The van der Waals surface area contributed by atoms with Crippen LogP contribution in [0.15, 0.2) is 6.07 Å². The molecule has 1 aromatic rings. The molecule has 2 fully saturated rings. The molecule has 17 heavy (non-hydrogen) atoms. The predicted molar refractivity (Wildman–Crippen MR) is 62.9 cm³/mol. The lowest BCUT2D eigenvalue weighted by atomic mass is 10.2. The van der Waals surface area contributed by atoms with Gasteiger partial charge in [-0.3, -0.25) is 4.68 Å². The van der Waals surface area contributed by atoms with Crippen LogP contribution in [0.5, 0.6) is 0 Å². The number of hydrogen-bond donors (Lipinski definition) is 0. The second kappa shape index (κ2) is 3.86. The van der Waals surface area contributed by atoms with Gasteiger partial charge in [-0.1, -0.05) is 0 Å². The first-order valence-electron chi connectivity index (χ1n) is 6.38. The molecule has 0 bridgehead atoms. The third kappa shape index (κ3) is 1.96. The summed E-state index contributed by atoms with van der Waals surface area (Å²) in [5, 5.41) is 4.62. The zero-order valence-electron chi connectivity index (χ0n) is 10.3. The fourth-order valence-corrected chi connectivity index (χ4v) is 2.27. The van der Waals surface area contributed by atoms with Gasteiger partial charge in [0, 0.05) is 17.5 Å². The van der Waals surface area contributed by atoms with Crippen molar-refractivity contribution in [1.29, 1.82) is 0 Å². The van der Waals surface area contributed by atoms with Crippen molar-refractivity contribution < 1.29 is 9.53 Å². The van der Waals surface area contributed by atoms with E-state index < -0.39 is 0 Å². The maximum absolute atomic E-state index is 11.6. The van der Waals surface area contributed by atoms with E-state index in [1.807, 2.05) is 11.6 Å². The standard InChI is InChI=1S/C13H18N2O2/c1-8(13(16)17-2)15-12(10-5-6-10)7-11(14-15)9-3-4-9/h7-10H,3-6H2,1-2H3/t8-/m0/s1. The number of hydrogen-bond acceptors (Lipinski definition) is 3. The molecular weight excluding hydrogens is 216 g/mol. The first-order valence-corrected chi connectivity index (χ1v) is 6.38. The van der Waals surface area contributed by atoms with Gasteiger partial charge in [0.2, 0.25) is 0 Å². The molecule has 0 radical (unpaired) electrons. The van der Waals surface area contributed by atoms with Crippen molar-refractivity contribution in [2.45, 2.75) is 50.5 Å². The van der Waals surface area contributed by atoms with Crippen molar-refractivity contribution >= 4 is 5.97 Å². The second-order valence-electron chi connectivity index (χ2n) is 5.19. The molecule has 0 N–H and O–H groups in total. The van der Waals surface area contributed by atoms with Crippen LogP contribution in [-0.4, -0.2) is 22.9 Å². The van der Waals surface area contributed by atoms with E-state index in [-0.39, 0.29) is 12.0 Å². The summed E-state index contributed by atoms with van der Waals surface area (Å²) in [5.41, 5.74) is 2.40. The first kappa shape index (κ1) is 10.8. The van der Waals surface area contributed by atoms with Crippen LogP contribution in [0.3, 0.4) is 0 Å². The third-order valence-electron chi connectivity index (χ3n) is 3.68. The van der Waals surface area contributed by atoms with E-state index in [2.05, 4.69) is 11.2 Å². The molecule has 2 saturated carbocycles. The Kier molecular flexibility index (Phi) is 2.45. The molecule has 0 spiro atoms. The fourth-order valence-electron chi connectivity index (χ4n) is 2.27. The van der Waals surface area contributed by atoms with Gasteiger partial charge in [-0.15, -0.1) is 0 Å². The largest absolute Gasteiger partial charge is 0.467 e. The van der Waals surface area contributed by atoms with Gasteiger partial charge in [0.15, 0.2) is 0 Å². The minimum Gasteiger partial charge on any atom is -0.467 e. The summed E-state index contributed by atoms with van der Waals surface area (Å²) in [5.74, 6) is 1.04. The quantitative estimate of drug-likeness (QED) is 0.751. The van der Waals surface area contributed by atoms with Gasteiger partial charge in [-0.2, -0.15) is 5.10 Å². The minimum atomic E-state index is -0.303. The number of carbonyl (C=O) groups is 1. The molecule has 4 heteroatoms. The normalized spacial score (nSPS) is 21.3. The van der Waals surface area contributed by atoms with E-state index >= 15 is 0 Å². The van der Waals surface area contributed by atoms with E-state index in [4.69, 9.17) is 4.74 Å². The van der Waals surface area contributed by atoms with Gasteiger partial charge in [0.25, 0.3) is 0 Å². The maximum atomic E-state index is 11.6. The molecular formula is C13H18N2O2. The molecule has 3 rings (SSSR count). The monoisotopic (exact) mass is 234 g/mol. The smallest absolute Gasteiger partial charge is 0.330 e. The molecule has 0 aromatic carbocycles. The Morgan fingerprint density at radius 2 is 2.06 bits per heavy atom. The number of carbonyl (C=O) groups excluding carboxylic acids is 1. The van der Waals surface area contributed by atoms with Crippen molar-refractivity contribution in [1.82, 2.24) is 9.78 Å². The molecule has 0 saturated heterocycles. The Balaban J connectivity index is 1.92. The van der Waals surface area contributed by atoms with Crippen LogP contribution in [0, 0.1) is 0 Å². The van der Waals surface area contributed by atoms with Gasteiger partial charge in [0.1, 0.15) is 6.04 Å². The number of esters is 1. The van der Waals surface area contributed by atoms with Gasteiger partial charge < -0.3 is 4.74 Å². The molecule has 0 unspecified atom stereocenters. The summed E-state index contributed by atoms with van der Waals surface area (Å²) in [7, 11) is 1.43. The van der Waals surface area contributed by atoms with Crippen molar-refractivity contribution in [2.75, 3.05) is 7.11 Å². The molecule has 92 valence electrons. The minimum absolute atomic E-state index is 0.211. The molecule has 0 amide bonds. The molecule has 2 aliphatic rings. The van der Waals surface area contributed by atoms with Crippen LogP contribution in [-0.2, 0) is 9.53 Å². The van der Waals surface area contributed by atoms with Crippen LogP contribution in [0.1, 0.15) is 61.9 Å². The average Bonchev–Trinajstić information content (AvgIpc) is 3.25. The van der Waals surface area contributed by atoms with Crippen LogP contribution in [0.4, 0.5) is 0 Å². The highest BCUT2D eigenvalue weighted by molar-refractivity contribution is 5.73. The third-order valence-corrected chi connectivity index (χ3v) is 3.68. The molecule has 4 nitrogen and oxygen atoms in total. The number of nitrogens with zero attached hydrogens (tertiary/aromatic N) is 2. The summed E-state index contributed by atoms with van der Waals surface area (Å²) in [6.07, 6.45) is 4.94. The van der Waals surface area contributed by atoms with Gasteiger partial charge in [0.05, 0.1) is 12.8 Å². The molecule has 1 aromatic heterocycles. The lowest BCUT2D eigenvalue weighted by Crippen LogP contribution is -2.20. The highest BCUT2D eigenvalue weighted by atomic mass is 16.5. The molecule has 0 aliphatic heterocycles. The second-order valence-corrected chi connectivity index (χ2v) is 5.19. The van der Waals surface area contributed by atoms with Gasteiger partial charge >= 0.3 is 5.97 Å². The van der Waals surface area contributed by atoms with E-state index in [0.717, 1.165) is 0 Å². The van der Waals surface area contributed by atoms with E-state index in [0.29, 0.717) is 11.8 Å². The Morgan fingerprint density at radius 3 is 2.59 bits per heavy atom. The summed E-state index contributed by atoms with van der Waals surface area (Å²) >= 11 is 0. The van der Waals surface area contributed by atoms with Crippen LogP contribution in [0.25, 0.3) is 0 Å². The predicted octanol–water partition coefficient (Wildman–Crippen LogP) is 2.37. The Hall–Kier alpha value is -1.32. The van der Waals surface area contributed by atoms with E-state index in [1.54, 1.807) is 0 Å². The SMILES string of the molecule is COC(=O)[C@H](C)n1nc(C2CC2)cc1C1CC1. The first-order chi connectivity index (χ1) is 8.20. The highest BCUT2D eigenvalue weighted by Gasteiger charge is 2.34. The number of methoxy groups -OCH3 is 1. The highest BCUT2D eigenvalue weighted by Crippen LogP contribution is 2.45.